The van der Waals surface area contributed by atoms with E-state index >= 15 is 0 Å². The molecule has 0 unspecified atom stereocenters. The zero-order valence-corrected chi connectivity index (χ0v) is 11.5. The molecule has 0 aliphatic carbocycles. The topological polar surface area (TPSA) is 56.3 Å². The van der Waals surface area contributed by atoms with Gasteiger partial charge in [-0.25, -0.2) is 0 Å². The lowest BCUT2D eigenvalue weighted by Gasteiger charge is -2.26. The summed E-state index contributed by atoms with van der Waals surface area (Å²) in [6.07, 6.45) is 3.98. The Balaban J connectivity index is 1.61. The largest absolute Gasteiger partial charge is 0.399 e. The van der Waals surface area contributed by atoms with Gasteiger partial charge in [0, 0.05) is 37.1 Å². The number of rotatable bonds is 4. The Hall–Kier alpha value is -1.85. The maximum Gasteiger partial charge on any atom is 0.0594 e. The van der Waals surface area contributed by atoms with Crippen LogP contribution in [0.1, 0.15) is 0 Å². The van der Waals surface area contributed by atoms with Gasteiger partial charge in [0.05, 0.1) is 26.0 Å². The first kappa shape index (κ1) is 13.1. The second-order valence-corrected chi connectivity index (χ2v) is 5.07. The molecule has 5 heteroatoms. The Morgan fingerprint density at radius 1 is 1.15 bits per heavy atom. The fourth-order valence-electron chi connectivity index (χ4n) is 2.42. The minimum Gasteiger partial charge on any atom is -0.399 e. The highest BCUT2D eigenvalue weighted by Crippen LogP contribution is 2.20. The van der Waals surface area contributed by atoms with E-state index in [9.17, 15) is 0 Å². The van der Waals surface area contributed by atoms with E-state index in [0.29, 0.717) is 0 Å². The predicted octanol–water partition coefficient (Wildman–Crippen LogP) is 1.46. The minimum atomic E-state index is 0.781. The van der Waals surface area contributed by atoms with Crippen molar-refractivity contribution in [2.75, 3.05) is 38.6 Å². The van der Waals surface area contributed by atoms with Crippen molar-refractivity contribution in [1.29, 1.82) is 0 Å². The smallest absolute Gasteiger partial charge is 0.0594 e. The summed E-state index contributed by atoms with van der Waals surface area (Å²) < 4.78 is 7.34. The first-order valence-corrected chi connectivity index (χ1v) is 7.00. The molecule has 2 N–H and O–H groups in total. The van der Waals surface area contributed by atoms with Gasteiger partial charge in [-0.15, -0.1) is 0 Å². The average Bonchev–Trinajstić information content (AvgIpc) is 2.95. The van der Waals surface area contributed by atoms with E-state index in [-0.39, 0.29) is 0 Å². The van der Waals surface area contributed by atoms with Gasteiger partial charge in [0.2, 0.25) is 0 Å². The molecule has 0 amide bonds. The fraction of sp³-hybridized carbons (Fsp3) is 0.400. The average molecular weight is 272 g/mol. The summed E-state index contributed by atoms with van der Waals surface area (Å²) in [6.45, 7) is 5.64. The maximum absolute atomic E-state index is 5.81. The number of morpholine rings is 1. The summed E-state index contributed by atoms with van der Waals surface area (Å²) in [5, 5.41) is 4.42. The van der Waals surface area contributed by atoms with Crippen LogP contribution in [0, 0.1) is 0 Å². The van der Waals surface area contributed by atoms with Crippen LogP contribution < -0.4 is 5.73 Å². The lowest BCUT2D eigenvalue weighted by Crippen LogP contribution is -2.38. The van der Waals surface area contributed by atoms with Crippen molar-refractivity contribution < 1.29 is 4.74 Å². The Morgan fingerprint density at radius 3 is 2.80 bits per heavy atom. The molecule has 0 bridgehead atoms. The third kappa shape index (κ3) is 3.18. The molecular formula is C15H20N4O. The monoisotopic (exact) mass is 272 g/mol. The molecule has 1 fully saturated rings. The number of nitrogens with two attached hydrogens (primary N) is 1. The Bertz CT molecular complexity index is 561. The second kappa shape index (κ2) is 6.07. The zero-order valence-electron chi connectivity index (χ0n) is 11.5. The van der Waals surface area contributed by atoms with Crippen molar-refractivity contribution in [2.24, 2.45) is 0 Å². The quantitative estimate of drug-likeness (QED) is 0.856. The molecule has 1 saturated heterocycles. The Morgan fingerprint density at radius 2 is 2.00 bits per heavy atom. The van der Waals surface area contributed by atoms with Crippen LogP contribution in [0.15, 0.2) is 36.7 Å². The number of nitrogens with zero attached hydrogens (tertiary/aromatic N) is 3. The number of aromatic nitrogens is 2. The summed E-state index contributed by atoms with van der Waals surface area (Å²) >= 11 is 0. The van der Waals surface area contributed by atoms with Crippen LogP contribution in [-0.4, -0.2) is 47.5 Å². The zero-order chi connectivity index (χ0) is 13.8. The van der Waals surface area contributed by atoms with E-state index in [4.69, 9.17) is 10.5 Å². The molecule has 1 aliphatic heterocycles. The van der Waals surface area contributed by atoms with Gasteiger partial charge in [0.15, 0.2) is 0 Å². The highest BCUT2D eigenvalue weighted by atomic mass is 16.5. The third-order valence-electron chi connectivity index (χ3n) is 3.60. The molecule has 0 spiro atoms. The van der Waals surface area contributed by atoms with Gasteiger partial charge in [-0.05, 0) is 17.7 Å². The summed E-state index contributed by atoms with van der Waals surface area (Å²) in [5.41, 5.74) is 8.82. The number of benzene rings is 1. The molecule has 5 nitrogen and oxygen atoms in total. The lowest BCUT2D eigenvalue weighted by molar-refractivity contribution is 0.0360. The Kier molecular flexibility index (Phi) is 3.99. The summed E-state index contributed by atoms with van der Waals surface area (Å²) in [7, 11) is 0. The molecule has 0 atom stereocenters. The molecule has 1 aromatic carbocycles. The highest BCUT2D eigenvalue weighted by Gasteiger charge is 2.10. The molecule has 1 aromatic heterocycles. The van der Waals surface area contributed by atoms with Crippen molar-refractivity contribution in [1.82, 2.24) is 14.7 Å². The summed E-state index contributed by atoms with van der Waals surface area (Å²) in [4.78, 5) is 2.41. The van der Waals surface area contributed by atoms with Crippen molar-refractivity contribution >= 4 is 5.69 Å². The van der Waals surface area contributed by atoms with Gasteiger partial charge in [-0.1, -0.05) is 12.1 Å². The number of nitrogen functional groups attached to an aromatic ring is 1. The van der Waals surface area contributed by atoms with Crippen molar-refractivity contribution in [3.63, 3.8) is 0 Å². The van der Waals surface area contributed by atoms with Crippen LogP contribution >= 0.6 is 0 Å². The van der Waals surface area contributed by atoms with Crippen molar-refractivity contribution in [3.05, 3.63) is 36.7 Å². The van der Waals surface area contributed by atoms with E-state index in [1.54, 1.807) is 0 Å². The van der Waals surface area contributed by atoms with E-state index in [1.165, 1.54) is 0 Å². The van der Waals surface area contributed by atoms with Crippen LogP contribution in [0.2, 0.25) is 0 Å². The van der Waals surface area contributed by atoms with Gasteiger partial charge < -0.3 is 10.5 Å². The van der Waals surface area contributed by atoms with Crippen LogP contribution in [0.3, 0.4) is 0 Å². The van der Waals surface area contributed by atoms with Crippen LogP contribution in [0.4, 0.5) is 5.69 Å². The lowest BCUT2D eigenvalue weighted by atomic mass is 10.1. The number of anilines is 1. The Labute approximate surface area is 118 Å². The van der Waals surface area contributed by atoms with Crippen LogP contribution in [0.5, 0.6) is 0 Å². The SMILES string of the molecule is Nc1cccc(-c2cnn(CCN3CCOCC3)c2)c1. The summed E-state index contributed by atoms with van der Waals surface area (Å²) in [6, 6.07) is 7.89. The van der Waals surface area contributed by atoms with E-state index < -0.39 is 0 Å². The van der Waals surface area contributed by atoms with E-state index in [1.807, 2.05) is 29.1 Å². The van der Waals surface area contributed by atoms with Crippen molar-refractivity contribution in [3.8, 4) is 11.1 Å². The van der Waals surface area contributed by atoms with E-state index in [2.05, 4.69) is 22.3 Å². The molecule has 3 rings (SSSR count). The van der Waals surface area contributed by atoms with E-state index in [0.717, 1.165) is 56.2 Å². The maximum atomic E-state index is 5.81. The second-order valence-electron chi connectivity index (χ2n) is 5.07. The molecule has 20 heavy (non-hydrogen) atoms. The first-order chi connectivity index (χ1) is 9.81. The molecule has 0 radical (unpaired) electrons. The van der Waals surface area contributed by atoms with Gasteiger partial charge >= 0.3 is 0 Å². The predicted molar refractivity (Wildman–Crippen MR) is 79.3 cm³/mol. The molecule has 2 aromatic rings. The third-order valence-corrected chi connectivity index (χ3v) is 3.60. The summed E-state index contributed by atoms with van der Waals surface area (Å²) in [5.74, 6) is 0. The molecule has 1 aliphatic rings. The van der Waals surface area contributed by atoms with Gasteiger partial charge in [0.1, 0.15) is 0 Å². The van der Waals surface area contributed by atoms with Gasteiger partial charge in [-0.3, -0.25) is 9.58 Å². The first-order valence-electron chi connectivity index (χ1n) is 7.00. The van der Waals surface area contributed by atoms with Gasteiger partial charge in [-0.2, -0.15) is 5.10 Å². The molecular weight excluding hydrogens is 252 g/mol. The minimum absolute atomic E-state index is 0.781. The van der Waals surface area contributed by atoms with Crippen LogP contribution in [0.25, 0.3) is 11.1 Å². The molecule has 0 saturated carbocycles. The number of hydrogen-bond acceptors (Lipinski definition) is 4. The standard InChI is InChI=1S/C15H20N4O/c16-15-3-1-2-13(10-15)14-11-17-19(12-14)5-4-18-6-8-20-9-7-18/h1-3,10-12H,4-9,16H2. The molecule has 106 valence electrons. The fourth-order valence-corrected chi connectivity index (χ4v) is 2.42. The highest BCUT2D eigenvalue weighted by molar-refractivity contribution is 5.65. The van der Waals surface area contributed by atoms with Crippen molar-refractivity contribution in [2.45, 2.75) is 6.54 Å². The van der Waals surface area contributed by atoms with Crippen LogP contribution in [-0.2, 0) is 11.3 Å². The number of hydrogen-bond donors (Lipinski definition) is 1. The van der Waals surface area contributed by atoms with Gasteiger partial charge in [0.25, 0.3) is 0 Å². The number of ether oxygens (including phenoxy) is 1. The molecule has 2 heterocycles. The normalized spacial score (nSPS) is 16.4.